The van der Waals surface area contributed by atoms with Gasteiger partial charge in [-0.15, -0.1) is 24.8 Å². The Hall–Kier alpha value is -0.0200. The number of pyridine rings is 1. The van der Waals surface area contributed by atoms with Crippen LogP contribution in [0.5, 0.6) is 0 Å². The van der Waals surface area contributed by atoms with Crippen LogP contribution >= 0.6 is 36.4 Å². The van der Waals surface area contributed by atoms with E-state index in [4.69, 9.17) is 17.3 Å². The average Bonchev–Trinajstić information content (AvgIpc) is 1.88. The van der Waals surface area contributed by atoms with E-state index < -0.39 is 0 Å². The molecule has 0 radical (unpaired) electrons. The van der Waals surface area contributed by atoms with E-state index in [2.05, 4.69) is 4.98 Å². The molecule has 1 rings (SSSR count). The monoisotopic (exact) mass is 228 g/mol. The van der Waals surface area contributed by atoms with E-state index >= 15 is 0 Å². The van der Waals surface area contributed by atoms with Crippen LogP contribution in [0, 0.1) is 0 Å². The molecule has 1 atom stereocenters. The van der Waals surface area contributed by atoms with E-state index in [0.717, 1.165) is 5.69 Å². The Bertz CT molecular complexity index is 228. The maximum absolute atomic E-state index is 5.62. The molecule has 0 aliphatic heterocycles. The number of aromatic nitrogens is 1. The van der Waals surface area contributed by atoms with E-state index in [-0.39, 0.29) is 30.9 Å². The van der Waals surface area contributed by atoms with Gasteiger partial charge in [-0.25, -0.2) is 4.98 Å². The van der Waals surface area contributed by atoms with Crippen LogP contribution in [0.15, 0.2) is 18.2 Å². The van der Waals surface area contributed by atoms with Crippen LogP contribution in [0.4, 0.5) is 0 Å². The second-order valence-corrected chi connectivity index (χ2v) is 2.56. The molecule has 0 amide bonds. The van der Waals surface area contributed by atoms with Crippen molar-refractivity contribution >= 4 is 36.4 Å². The van der Waals surface area contributed by atoms with Gasteiger partial charge in [-0.05, 0) is 19.1 Å². The second-order valence-electron chi connectivity index (χ2n) is 2.17. The zero-order chi connectivity index (χ0) is 7.56. The lowest BCUT2D eigenvalue weighted by Gasteiger charge is -2.02. The number of nitrogens with two attached hydrogens (primary N) is 1. The summed E-state index contributed by atoms with van der Waals surface area (Å²) in [5, 5.41) is 0.495. The van der Waals surface area contributed by atoms with Gasteiger partial charge in [-0.2, -0.15) is 0 Å². The lowest BCUT2D eigenvalue weighted by atomic mass is 10.2. The van der Waals surface area contributed by atoms with Crippen LogP contribution in [-0.2, 0) is 0 Å². The summed E-state index contributed by atoms with van der Waals surface area (Å²) in [5.74, 6) is 0. The van der Waals surface area contributed by atoms with Gasteiger partial charge in [0.15, 0.2) is 0 Å². The number of hydrogen-bond donors (Lipinski definition) is 1. The van der Waals surface area contributed by atoms with Gasteiger partial charge in [0.1, 0.15) is 5.15 Å². The highest BCUT2D eigenvalue weighted by Gasteiger charge is 1.99. The van der Waals surface area contributed by atoms with Gasteiger partial charge in [0, 0.05) is 6.04 Å². The van der Waals surface area contributed by atoms with Crippen molar-refractivity contribution in [2.45, 2.75) is 13.0 Å². The third-order valence-corrected chi connectivity index (χ3v) is 1.41. The topological polar surface area (TPSA) is 38.9 Å². The molecule has 0 unspecified atom stereocenters. The SMILES string of the molecule is C[C@H](N)c1cccc(Cl)n1.Cl.Cl. The molecule has 0 aliphatic rings. The molecule has 2 N–H and O–H groups in total. The minimum absolute atomic E-state index is 0. The molecule has 1 aromatic rings. The Morgan fingerprint density at radius 1 is 1.42 bits per heavy atom. The van der Waals surface area contributed by atoms with Crippen molar-refractivity contribution in [1.82, 2.24) is 4.98 Å². The Morgan fingerprint density at radius 3 is 2.33 bits per heavy atom. The molecule has 0 spiro atoms. The highest BCUT2D eigenvalue weighted by atomic mass is 35.5. The zero-order valence-corrected chi connectivity index (χ0v) is 8.92. The van der Waals surface area contributed by atoms with Gasteiger partial charge in [-0.1, -0.05) is 17.7 Å². The molecule has 2 nitrogen and oxygen atoms in total. The average molecular weight is 230 g/mol. The van der Waals surface area contributed by atoms with Crippen molar-refractivity contribution in [2.75, 3.05) is 0 Å². The standard InChI is InChI=1S/C7H9ClN2.2ClH/c1-5(9)6-3-2-4-7(8)10-6;;/h2-5H,9H2,1H3;2*1H/t5-;;/m0../s1. The lowest BCUT2D eigenvalue weighted by Crippen LogP contribution is -2.06. The Kier molecular flexibility index (Phi) is 7.84. The summed E-state index contributed by atoms with van der Waals surface area (Å²) >= 11 is 5.62. The number of rotatable bonds is 1. The normalized spacial score (nSPS) is 10.9. The molecular formula is C7H11Cl3N2. The Labute approximate surface area is 89.3 Å². The van der Waals surface area contributed by atoms with E-state index in [1.54, 1.807) is 6.07 Å². The van der Waals surface area contributed by atoms with Gasteiger partial charge in [0.25, 0.3) is 0 Å². The summed E-state index contributed by atoms with van der Waals surface area (Å²) in [6.07, 6.45) is 0. The highest BCUT2D eigenvalue weighted by Crippen LogP contribution is 2.09. The van der Waals surface area contributed by atoms with Crippen LogP contribution < -0.4 is 5.73 Å². The molecule has 1 aromatic heterocycles. The summed E-state index contributed by atoms with van der Waals surface area (Å²) < 4.78 is 0. The molecule has 1 heterocycles. The number of nitrogens with zero attached hydrogens (tertiary/aromatic N) is 1. The van der Waals surface area contributed by atoms with Gasteiger partial charge in [0.05, 0.1) is 5.69 Å². The smallest absolute Gasteiger partial charge is 0.129 e. The van der Waals surface area contributed by atoms with Crippen molar-refractivity contribution in [1.29, 1.82) is 0 Å². The third kappa shape index (κ3) is 4.12. The van der Waals surface area contributed by atoms with Crippen LogP contribution in [0.25, 0.3) is 0 Å². The summed E-state index contributed by atoms with van der Waals surface area (Å²) in [5.41, 5.74) is 6.39. The molecule has 0 aromatic carbocycles. The Balaban J connectivity index is 0. The molecule has 5 heteroatoms. The van der Waals surface area contributed by atoms with E-state index in [0.29, 0.717) is 5.15 Å². The highest BCUT2D eigenvalue weighted by molar-refractivity contribution is 6.29. The van der Waals surface area contributed by atoms with Crippen LogP contribution in [-0.4, -0.2) is 4.98 Å². The fourth-order valence-corrected chi connectivity index (χ4v) is 0.848. The van der Waals surface area contributed by atoms with Crippen LogP contribution in [0.2, 0.25) is 5.15 Å². The molecule has 0 fully saturated rings. The summed E-state index contributed by atoms with van der Waals surface area (Å²) in [4.78, 5) is 4.01. The molecular weight excluding hydrogens is 218 g/mol. The predicted molar refractivity (Wildman–Crippen MR) is 56.3 cm³/mol. The van der Waals surface area contributed by atoms with Gasteiger partial charge < -0.3 is 5.73 Å². The number of halogens is 3. The largest absolute Gasteiger partial charge is 0.323 e. The van der Waals surface area contributed by atoms with Crippen molar-refractivity contribution in [3.8, 4) is 0 Å². The van der Waals surface area contributed by atoms with Crippen LogP contribution in [0.1, 0.15) is 18.7 Å². The first kappa shape index (κ1) is 14.5. The van der Waals surface area contributed by atoms with Crippen molar-refractivity contribution in [3.05, 3.63) is 29.0 Å². The summed E-state index contributed by atoms with van der Waals surface area (Å²) in [6.45, 7) is 1.87. The first-order valence-electron chi connectivity index (χ1n) is 3.08. The predicted octanol–water partition coefficient (Wildman–Crippen LogP) is 2.60. The quantitative estimate of drug-likeness (QED) is 0.752. The van der Waals surface area contributed by atoms with Crippen molar-refractivity contribution in [2.24, 2.45) is 5.73 Å². The molecule has 0 saturated carbocycles. The lowest BCUT2D eigenvalue weighted by molar-refractivity contribution is 0.781. The van der Waals surface area contributed by atoms with Crippen molar-refractivity contribution in [3.63, 3.8) is 0 Å². The first-order valence-corrected chi connectivity index (χ1v) is 3.46. The number of hydrogen-bond acceptors (Lipinski definition) is 2. The van der Waals surface area contributed by atoms with E-state index in [1.165, 1.54) is 0 Å². The fraction of sp³-hybridized carbons (Fsp3) is 0.286. The van der Waals surface area contributed by atoms with Gasteiger partial charge >= 0.3 is 0 Å². The van der Waals surface area contributed by atoms with E-state index in [1.807, 2.05) is 19.1 Å². The maximum atomic E-state index is 5.62. The molecule has 0 aliphatic carbocycles. The maximum Gasteiger partial charge on any atom is 0.129 e. The van der Waals surface area contributed by atoms with Crippen LogP contribution in [0.3, 0.4) is 0 Å². The summed E-state index contributed by atoms with van der Waals surface area (Å²) in [7, 11) is 0. The fourth-order valence-electron chi connectivity index (χ4n) is 0.678. The minimum atomic E-state index is -0.0429. The van der Waals surface area contributed by atoms with Crippen molar-refractivity contribution < 1.29 is 0 Å². The molecule has 70 valence electrons. The second kappa shape index (κ2) is 6.49. The molecule has 0 saturated heterocycles. The Morgan fingerprint density at radius 2 is 2.00 bits per heavy atom. The summed E-state index contributed by atoms with van der Waals surface area (Å²) in [6, 6.07) is 5.39. The molecule has 12 heavy (non-hydrogen) atoms. The first-order chi connectivity index (χ1) is 4.70. The van der Waals surface area contributed by atoms with E-state index in [9.17, 15) is 0 Å². The zero-order valence-electron chi connectivity index (χ0n) is 6.53. The third-order valence-electron chi connectivity index (χ3n) is 1.20. The van der Waals surface area contributed by atoms with Gasteiger partial charge in [-0.3, -0.25) is 0 Å². The van der Waals surface area contributed by atoms with Gasteiger partial charge in [0.2, 0.25) is 0 Å². The molecule has 0 bridgehead atoms. The minimum Gasteiger partial charge on any atom is -0.323 e.